The molecule has 8 heavy (non-hydrogen) atoms. The standard InChI is InChI=1S/C6H12OSi/c1-3-4-5-6-7-8-2/h4-5H,3,6H2,1-2H3/b5-4+. The van der Waals surface area contributed by atoms with E-state index in [4.69, 9.17) is 4.43 Å². The molecule has 0 bridgehead atoms. The second-order valence-corrected chi connectivity index (χ2v) is 2.09. The van der Waals surface area contributed by atoms with Crippen molar-refractivity contribution in [3.8, 4) is 0 Å². The Balaban J connectivity index is 2.80. The van der Waals surface area contributed by atoms with Gasteiger partial charge in [0.1, 0.15) is 0 Å². The molecule has 46 valence electrons. The van der Waals surface area contributed by atoms with Crippen molar-refractivity contribution < 1.29 is 4.43 Å². The Labute approximate surface area is 53.7 Å². The minimum atomic E-state index is 0.618. The van der Waals surface area contributed by atoms with Crippen molar-refractivity contribution in [2.75, 3.05) is 6.61 Å². The van der Waals surface area contributed by atoms with Crippen LogP contribution in [0.4, 0.5) is 0 Å². The summed E-state index contributed by atoms with van der Waals surface area (Å²) in [6.07, 6.45) is 5.27. The largest absolute Gasteiger partial charge is 0.414 e. The topological polar surface area (TPSA) is 9.23 Å². The van der Waals surface area contributed by atoms with Crippen molar-refractivity contribution in [3.05, 3.63) is 12.2 Å². The van der Waals surface area contributed by atoms with E-state index in [9.17, 15) is 0 Å². The summed E-state index contributed by atoms with van der Waals surface area (Å²) in [7, 11) is 0.618. The molecule has 0 spiro atoms. The summed E-state index contributed by atoms with van der Waals surface area (Å²) in [6.45, 7) is 4.92. The van der Waals surface area contributed by atoms with Crippen LogP contribution in [0.1, 0.15) is 13.3 Å². The van der Waals surface area contributed by atoms with Crippen LogP contribution in [0, 0.1) is 0 Å². The molecular weight excluding hydrogens is 116 g/mol. The van der Waals surface area contributed by atoms with E-state index in [1.807, 2.05) is 6.55 Å². The molecule has 0 aromatic carbocycles. The maximum Gasteiger partial charge on any atom is 0.226 e. The molecule has 0 atom stereocenters. The van der Waals surface area contributed by atoms with E-state index in [-0.39, 0.29) is 0 Å². The molecule has 0 heterocycles. The predicted octanol–water partition coefficient (Wildman–Crippen LogP) is 1.64. The Morgan fingerprint density at radius 2 is 2.25 bits per heavy atom. The van der Waals surface area contributed by atoms with Gasteiger partial charge in [-0.2, -0.15) is 0 Å². The SMILES string of the molecule is CC/C=C/CO[Si]C. The summed E-state index contributed by atoms with van der Waals surface area (Å²) >= 11 is 0. The number of allylic oxidation sites excluding steroid dienone is 1. The zero-order valence-electron chi connectivity index (χ0n) is 5.48. The lowest BCUT2D eigenvalue weighted by Crippen LogP contribution is -1.91. The zero-order valence-corrected chi connectivity index (χ0v) is 6.48. The van der Waals surface area contributed by atoms with Gasteiger partial charge in [-0.25, -0.2) is 0 Å². The third kappa shape index (κ3) is 5.92. The Morgan fingerprint density at radius 3 is 2.75 bits per heavy atom. The summed E-state index contributed by atoms with van der Waals surface area (Å²) in [5.41, 5.74) is 0. The molecule has 0 N–H and O–H groups in total. The first-order valence-corrected chi connectivity index (χ1v) is 4.26. The Kier molecular flexibility index (Phi) is 6.85. The summed E-state index contributed by atoms with van der Waals surface area (Å²) < 4.78 is 5.08. The van der Waals surface area contributed by atoms with Crippen LogP contribution in [0.5, 0.6) is 0 Å². The summed E-state index contributed by atoms with van der Waals surface area (Å²) in [6, 6.07) is 0. The second kappa shape index (κ2) is 6.92. The Bertz CT molecular complexity index is 61.5. The molecule has 0 aromatic rings. The van der Waals surface area contributed by atoms with Gasteiger partial charge in [-0.1, -0.05) is 19.1 Å². The van der Waals surface area contributed by atoms with Crippen LogP contribution in [0.2, 0.25) is 6.55 Å². The monoisotopic (exact) mass is 128 g/mol. The molecule has 0 aromatic heterocycles. The van der Waals surface area contributed by atoms with Gasteiger partial charge in [-0.15, -0.1) is 0 Å². The van der Waals surface area contributed by atoms with Crippen LogP contribution in [0.25, 0.3) is 0 Å². The Hall–Kier alpha value is -0.0831. The quantitative estimate of drug-likeness (QED) is 0.318. The van der Waals surface area contributed by atoms with Crippen molar-refractivity contribution >= 4 is 9.76 Å². The van der Waals surface area contributed by atoms with Crippen LogP contribution in [-0.2, 0) is 4.43 Å². The summed E-state index contributed by atoms with van der Waals surface area (Å²) in [5, 5.41) is 0. The van der Waals surface area contributed by atoms with Gasteiger partial charge in [-0.3, -0.25) is 0 Å². The van der Waals surface area contributed by atoms with Crippen LogP contribution in [0.15, 0.2) is 12.2 Å². The molecule has 0 fully saturated rings. The lowest BCUT2D eigenvalue weighted by atomic mass is 10.4. The van der Waals surface area contributed by atoms with E-state index in [2.05, 4.69) is 19.1 Å². The van der Waals surface area contributed by atoms with E-state index >= 15 is 0 Å². The molecular formula is C6H12OSi. The van der Waals surface area contributed by atoms with Gasteiger partial charge in [-0.05, 0) is 13.0 Å². The van der Waals surface area contributed by atoms with E-state index in [0.29, 0.717) is 9.76 Å². The Morgan fingerprint density at radius 1 is 1.50 bits per heavy atom. The third-order valence-corrected chi connectivity index (χ3v) is 1.18. The van der Waals surface area contributed by atoms with E-state index in [0.717, 1.165) is 13.0 Å². The van der Waals surface area contributed by atoms with Crippen molar-refractivity contribution in [1.82, 2.24) is 0 Å². The highest BCUT2D eigenvalue weighted by molar-refractivity contribution is 6.24. The van der Waals surface area contributed by atoms with Crippen molar-refractivity contribution in [3.63, 3.8) is 0 Å². The molecule has 0 unspecified atom stereocenters. The fourth-order valence-electron chi connectivity index (χ4n) is 0.366. The average Bonchev–Trinajstić information content (AvgIpc) is 1.81. The fraction of sp³-hybridized carbons (Fsp3) is 0.667. The molecule has 0 saturated carbocycles. The molecule has 2 heteroatoms. The van der Waals surface area contributed by atoms with Crippen molar-refractivity contribution in [2.24, 2.45) is 0 Å². The number of rotatable bonds is 4. The van der Waals surface area contributed by atoms with Crippen LogP contribution < -0.4 is 0 Å². The normalized spacial score (nSPS) is 10.8. The van der Waals surface area contributed by atoms with Gasteiger partial charge in [0.05, 0.1) is 6.61 Å². The number of hydrogen-bond donors (Lipinski definition) is 0. The minimum Gasteiger partial charge on any atom is -0.414 e. The molecule has 0 aliphatic heterocycles. The van der Waals surface area contributed by atoms with E-state index < -0.39 is 0 Å². The van der Waals surface area contributed by atoms with Gasteiger partial charge < -0.3 is 4.43 Å². The molecule has 0 amide bonds. The van der Waals surface area contributed by atoms with Gasteiger partial charge in [0, 0.05) is 0 Å². The zero-order chi connectivity index (χ0) is 6.24. The van der Waals surface area contributed by atoms with E-state index in [1.165, 1.54) is 0 Å². The summed E-state index contributed by atoms with van der Waals surface area (Å²) in [5.74, 6) is 0. The highest BCUT2D eigenvalue weighted by Crippen LogP contribution is 1.79. The van der Waals surface area contributed by atoms with Gasteiger partial charge in [0.2, 0.25) is 9.76 Å². The molecule has 0 saturated heterocycles. The third-order valence-electron chi connectivity index (χ3n) is 0.726. The lowest BCUT2D eigenvalue weighted by Gasteiger charge is -1.89. The predicted molar refractivity (Wildman–Crippen MR) is 37.0 cm³/mol. The maximum absolute atomic E-state index is 5.08. The van der Waals surface area contributed by atoms with E-state index in [1.54, 1.807) is 0 Å². The minimum absolute atomic E-state index is 0.618. The average molecular weight is 128 g/mol. The molecule has 0 rings (SSSR count). The highest BCUT2D eigenvalue weighted by atomic mass is 28.2. The maximum atomic E-state index is 5.08. The fourth-order valence-corrected chi connectivity index (χ4v) is 0.629. The first-order chi connectivity index (χ1) is 3.91. The highest BCUT2D eigenvalue weighted by Gasteiger charge is 1.74. The smallest absolute Gasteiger partial charge is 0.226 e. The molecule has 2 radical (unpaired) electrons. The number of hydrogen-bond acceptors (Lipinski definition) is 1. The molecule has 0 aliphatic rings. The lowest BCUT2D eigenvalue weighted by molar-refractivity contribution is 0.388. The first kappa shape index (κ1) is 7.92. The first-order valence-electron chi connectivity index (χ1n) is 2.85. The summed E-state index contributed by atoms with van der Waals surface area (Å²) in [4.78, 5) is 0. The molecule has 0 aliphatic carbocycles. The van der Waals surface area contributed by atoms with Gasteiger partial charge in [0.25, 0.3) is 0 Å². The van der Waals surface area contributed by atoms with Crippen molar-refractivity contribution in [1.29, 1.82) is 0 Å². The second-order valence-electron chi connectivity index (χ2n) is 1.39. The van der Waals surface area contributed by atoms with Crippen molar-refractivity contribution in [2.45, 2.75) is 19.9 Å². The van der Waals surface area contributed by atoms with Gasteiger partial charge >= 0.3 is 0 Å². The van der Waals surface area contributed by atoms with Crippen LogP contribution in [-0.4, -0.2) is 16.4 Å². The van der Waals surface area contributed by atoms with Gasteiger partial charge in [0.15, 0.2) is 0 Å². The molecule has 1 nitrogen and oxygen atoms in total. The van der Waals surface area contributed by atoms with Crippen LogP contribution >= 0.6 is 0 Å². The van der Waals surface area contributed by atoms with Crippen LogP contribution in [0.3, 0.4) is 0 Å².